The van der Waals surface area contributed by atoms with Gasteiger partial charge in [0.15, 0.2) is 0 Å². The van der Waals surface area contributed by atoms with Crippen molar-refractivity contribution in [2.75, 3.05) is 26.2 Å². The Morgan fingerprint density at radius 3 is 2.57 bits per heavy atom. The van der Waals surface area contributed by atoms with Gasteiger partial charge in [0.25, 0.3) is 0 Å². The smallest absolute Gasteiger partial charge is 0.862 e. The van der Waals surface area contributed by atoms with Crippen molar-refractivity contribution in [1.29, 1.82) is 0 Å². The van der Waals surface area contributed by atoms with Crippen molar-refractivity contribution in [3.63, 3.8) is 0 Å². The summed E-state index contributed by atoms with van der Waals surface area (Å²) in [6.07, 6.45) is 7.88. The van der Waals surface area contributed by atoms with Crippen molar-refractivity contribution in [3.8, 4) is 0 Å². The monoisotopic (exact) mass is 352 g/mol. The topological polar surface area (TPSA) is 96.2 Å². The van der Waals surface area contributed by atoms with E-state index in [4.69, 9.17) is 10.2 Å². The van der Waals surface area contributed by atoms with Gasteiger partial charge in [-0.05, 0) is 32.1 Å². The molecule has 0 aromatic carbocycles. The Morgan fingerprint density at radius 2 is 2.00 bits per heavy atom. The number of aliphatic carboxylic acids is 1. The van der Waals surface area contributed by atoms with Crippen molar-refractivity contribution in [2.45, 2.75) is 52.0 Å². The van der Waals surface area contributed by atoms with Crippen LogP contribution in [0.4, 0.5) is 0 Å². The van der Waals surface area contributed by atoms with Gasteiger partial charge in [0.1, 0.15) is 6.04 Å². The summed E-state index contributed by atoms with van der Waals surface area (Å²) in [5.74, 6) is -1.10. The molecule has 0 spiro atoms. The summed E-state index contributed by atoms with van der Waals surface area (Å²) >= 11 is 0. The maximum absolute atomic E-state index is 11.6. The van der Waals surface area contributed by atoms with E-state index in [2.05, 4.69) is 11.9 Å². The largest absolute Gasteiger partial charge is 1.00 e. The number of rotatable bonds is 13. The first-order valence-electron chi connectivity index (χ1n) is 7.96. The molecule has 0 aliphatic carbocycles. The Bertz CT molecular complexity index is 362. The molecule has 2 N–H and O–H groups in total. The van der Waals surface area contributed by atoms with Gasteiger partial charge in [-0.15, -0.1) is 0 Å². The van der Waals surface area contributed by atoms with Crippen molar-refractivity contribution in [1.82, 2.24) is 4.90 Å². The second-order valence-electron chi connectivity index (χ2n) is 5.22. The molecular formula is C16H29KN2O4. The first-order chi connectivity index (χ1) is 10.5. The van der Waals surface area contributed by atoms with Crippen LogP contribution in [0.3, 0.4) is 0 Å². The molecule has 0 aromatic heterocycles. The third-order valence-corrected chi connectivity index (χ3v) is 3.37. The number of aliphatic hydroxyl groups excluding tert-OH is 1. The molecule has 0 aliphatic heterocycles. The minimum atomic E-state index is -0.914. The molecule has 0 aromatic rings. The molecule has 0 heterocycles. The SMILES string of the molecule is CCCC/C=C/CC([O-])=NCCN(CCCO)C(C)C(=O)O.[K+]. The minimum absolute atomic E-state index is 0. The van der Waals surface area contributed by atoms with E-state index in [0.29, 0.717) is 25.9 Å². The van der Waals surface area contributed by atoms with Crippen LogP contribution in [-0.4, -0.2) is 59.3 Å². The standard InChI is InChI=1S/C16H30N2O4.K/c1-3-4-5-6-7-9-15(20)17-10-12-18(11-8-13-19)14(2)16(21)22;/h6-7,14,19H,3-5,8-13H2,1-2H3,(H,17,20)(H,21,22);/q;+1/p-1/b7-6+;. The molecule has 0 rings (SSSR count). The molecule has 0 amide bonds. The Balaban J connectivity index is 0. The number of carbonyl (C=O) groups is 1. The number of hydrogen-bond acceptors (Lipinski definition) is 5. The van der Waals surface area contributed by atoms with E-state index < -0.39 is 12.0 Å². The van der Waals surface area contributed by atoms with Crippen molar-refractivity contribution >= 4 is 11.9 Å². The van der Waals surface area contributed by atoms with Crippen molar-refractivity contribution in [2.24, 2.45) is 4.99 Å². The van der Waals surface area contributed by atoms with E-state index >= 15 is 0 Å². The van der Waals surface area contributed by atoms with Crippen LogP contribution in [0, 0.1) is 0 Å². The number of carboxylic acid groups (broad SMARTS) is 1. The first-order valence-corrected chi connectivity index (χ1v) is 7.96. The summed E-state index contributed by atoms with van der Waals surface area (Å²) in [5.41, 5.74) is 0. The molecule has 0 fully saturated rings. The molecule has 23 heavy (non-hydrogen) atoms. The molecule has 0 aliphatic rings. The quantitative estimate of drug-likeness (QED) is 0.132. The predicted octanol–water partition coefficient (Wildman–Crippen LogP) is -1.96. The zero-order chi connectivity index (χ0) is 16.8. The molecule has 6 nitrogen and oxygen atoms in total. The van der Waals surface area contributed by atoms with Gasteiger partial charge < -0.3 is 20.3 Å². The number of hydrogen-bond donors (Lipinski definition) is 2. The van der Waals surface area contributed by atoms with Gasteiger partial charge in [-0.3, -0.25) is 9.69 Å². The summed E-state index contributed by atoms with van der Waals surface area (Å²) in [7, 11) is 0. The van der Waals surface area contributed by atoms with Crippen LogP contribution in [0.5, 0.6) is 0 Å². The van der Waals surface area contributed by atoms with E-state index in [0.717, 1.165) is 19.3 Å². The van der Waals surface area contributed by atoms with Crippen LogP contribution in [0.25, 0.3) is 0 Å². The fraction of sp³-hybridized carbons (Fsp3) is 0.750. The number of carboxylic acids is 1. The summed E-state index contributed by atoms with van der Waals surface area (Å²) in [6, 6.07) is -0.647. The fourth-order valence-electron chi connectivity index (χ4n) is 1.92. The van der Waals surface area contributed by atoms with Gasteiger partial charge in [-0.25, -0.2) is 0 Å². The minimum Gasteiger partial charge on any atom is -0.862 e. The third-order valence-electron chi connectivity index (χ3n) is 3.37. The van der Waals surface area contributed by atoms with E-state index in [1.165, 1.54) is 0 Å². The van der Waals surface area contributed by atoms with Crippen LogP contribution < -0.4 is 56.5 Å². The molecule has 1 unspecified atom stereocenters. The molecule has 128 valence electrons. The van der Waals surface area contributed by atoms with Crippen LogP contribution in [0.1, 0.15) is 46.0 Å². The van der Waals surface area contributed by atoms with Gasteiger partial charge in [0.2, 0.25) is 0 Å². The van der Waals surface area contributed by atoms with E-state index in [-0.39, 0.29) is 70.4 Å². The predicted molar refractivity (Wildman–Crippen MR) is 86.0 cm³/mol. The van der Waals surface area contributed by atoms with Gasteiger partial charge in [0.05, 0.1) is 6.54 Å². The Kier molecular flexibility index (Phi) is 18.9. The second kappa shape index (κ2) is 17.1. The zero-order valence-corrected chi connectivity index (χ0v) is 17.8. The normalized spacial score (nSPS) is 13.3. The van der Waals surface area contributed by atoms with Gasteiger partial charge in [0, 0.05) is 19.7 Å². The molecule has 0 saturated carbocycles. The van der Waals surface area contributed by atoms with E-state index in [9.17, 15) is 9.90 Å². The number of unbranched alkanes of at least 4 members (excludes halogenated alkanes) is 2. The maximum Gasteiger partial charge on any atom is 1.00 e. The Hall–Kier alpha value is 0.236. The zero-order valence-electron chi connectivity index (χ0n) is 14.7. The van der Waals surface area contributed by atoms with Crippen LogP contribution in [0.15, 0.2) is 17.1 Å². The van der Waals surface area contributed by atoms with Gasteiger partial charge in [-0.2, -0.15) is 0 Å². The number of aliphatic imine (C=N–C) groups is 1. The number of nitrogens with zero attached hydrogens (tertiary/aromatic N) is 2. The average molecular weight is 353 g/mol. The summed E-state index contributed by atoms with van der Waals surface area (Å²) in [5, 5.41) is 29.5. The van der Waals surface area contributed by atoms with Crippen LogP contribution >= 0.6 is 0 Å². The van der Waals surface area contributed by atoms with Gasteiger partial charge in [-0.1, -0.05) is 31.9 Å². The maximum atomic E-state index is 11.6. The molecule has 0 radical (unpaired) electrons. The number of aliphatic hydroxyl groups is 1. The fourth-order valence-corrected chi connectivity index (χ4v) is 1.92. The summed E-state index contributed by atoms with van der Waals surface area (Å²) < 4.78 is 0. The molecule has 0 saturated heterocycles. The van der Waals surface area contributed by atoms with Crippen LogP contribution in [-0.2, 0) is 4.79 Å². The number of allylic oxidation sites excluding steroid dienone is 1. The van der Waals surface area contributed by atoms with Crippen molar-refractivity contribution < 1.29 is 71.5 Å². The Labute approximate surface area is 182 Å². The summed E-state index contributed by atoms with van der Waals surface area (Å²) in [4.78, 5) is 16.7. The third kappa shape index (κ3) is 14.3. The molecular weight excluding hydrogens is 323 g/mol. The summed E-state index contributed by atoms with van der Waals surface area (Å²) in [6.45, 7) is 4.89. The van der Waals surface area contributed by atoms with Crippen molar-refractivity contribution in [3.05, 3.63) is 12.2 Å². The first kappa shape index (κ1) is 25.5. The van der Waals surface area contributed by atoms with Gasteiger partial charge >= 0.3 is 57.4 Å². The van der Waals surface area contributed by atoms with Crippen LogP contribution in [0.2, 0.25) is 0 Å². The van der Waals surface area contributed by atoms with E-state index in [1.807, 2.05) is 12.2 Å². The second-order valence-corrected chi connectivity index (χ2v) is 5.22. The Morgan fingerprint density at radius 1 is 1.30 bits per heavy atom. The average Bonchev–Trinajstić information content (AvgIpc) is 2.49. The molecule has 1 atom stereocenters. The van der Waals surface area contributed by atoms with E-state index in [1.54, 1.807) is 11.8 Å². The molecule has 7 heteroatoms. The molecule has 0 bridgehead atoms.